The molecule has 0 bridgehead atoms. The van der Waals surface area contributed by atoms with E-state index < -0.39 is 0 Å². The number of hydrogen-bond donors (Lipinski definition) is 2. The monoisotopic (exact) mass is 231 g/mol. The quantitative estimate of drug-likeness (QED) is 0.604. The van der Waals surface area contributed by atoms with Crippen LogP contribution in [-0.4, -0.2) is 18.4 Å². The van der Waals surface area contributed by atoms with E-state index in [0.717, 1.165) is 18.2 Å². The topological polar surface area (TPSA) is 53.1 Å². The normalized spacial score (nSPS) is 14.7. The molecular weight excluding hydrogens is 210 g/mol. The van der Waals surface area contributed by atoms with Crippen LogP contribution in [0.1, 0.15) is 37.3 Å². The van der Waals surface area contributed by atoms with Crippen LogP contribution < -0.4 is 10.6 Å². The average Bonchev–Trinajstić information content (AvgIpc) is 3.10. The molecule has 0 amide bonds. The van der Waals surface area contributed by atoms with Gasteiger partial charge in [0, 0.05) is 23.8 Å². The second-order valence-corrected chi connectivity index (χ2v) is 4.84. The third kappa shape index (κ3) is 2.60. The zero-order valence-electron chi connectivity index (χ0n) is 10.7. The summed E-state index contributed by atoms with van der Waals surface area (Å²) in [5.74, 6) is 0.146. The van der Waals surface area contributed by atoms with Gasteiger partial charge in [0.15, 0.2) is 0 Å². The Labute approximate surface area is 103 Å². The fourth-order valence-corrected chi connectivity index (χ4v) is 2.27. The number of anilines is 1. The van der Waals surface area contributed by atoms with Crippen LogP contribution in [0.2, 0.25) is 0 Å². The first-order valence-corrected chi connectivity index (χ1v) is 6.35. The van der Waals surface area contributed by atoms with Crippen LogP contribution in [0, 0.1) is 12.3 Å². The maximum Gasteiger partial charge on any atom is 0.122 e. The van der Waals surface area contributed by atoms with Crippen LogP contribution in [0.4, 0.5) is 5.69 Å². The van der Waals surface area contributed by atoms with Crippen LogP contribution >= 0.6 is 0 Å². The summed E-state index contributed by atoms with van der Waals surface area (Å²) < 4.78 is 0. The van der Waals surface area contributed by atoms with Crippen LogP contribution in [0.3, 0.4) is 0 Å². The molecule has 1 aromatic rings. The molecule has 3 N–H and O–H groups in total. The average molecular weight is 231 g/mol. The molecule has 1 aliphatic rings. The van der Waals surface area contributed by atoms with Crippen LogP contribution in [-0.2, 0) is 0 Å². The Bertz CT molecular complexity index is 421. The van der Waals surface area contributed by atoms with Gasteiger partial charge in [-0.1, -0.05) is 6.92 Å². The summed E-state index contributed by atoms with van der Waals surface area (Å²) in [5, 5.41) is 7.45. The summed E-state index contributed by atoms with van der Waals surface area (Å²) in [6.45, 7) is 5.44. The second-order valence-electron chi connectivity index (χ2n) is 4.84. The number of hydrogen-bond acceptors (Lipinski definition) is 2. The number of nitrogens with two attached hydrogens (primary N) is 1. The number of benzene rings is 1. The zero-order chi connectivity index (χ0) is 12.4. The number of nitrogens with one attached hydrogen (secondary N) is 1. The van der Waals surface area contributed by atoms with Gasteiger partial charge in [-0.25, -0.2) is 0 Å². The summed E-state index contributed by atoms with van der Waals surface area (Å²) in [5.41, 5.74) is 8.85. The SMILES string of the molecule is CCCN(c1ccc(C(=N)N)cc1C)C1CC1. The van der Waals surface area contributed by atoms with Crippen LogP contribution in [0.5, 0.6) is 0 Å². The van der Waals surface area contributed by atoms with E-state index >= 15 is 0 Å². The first-order chi connectivity index (χ1) is 8.13. The Kier molecular flexibility index (Phi) is 3.36. The van der Waals surface area contributed by atoms with E-state index in [1.807, 2.05) is 12.1 Å². The van der Waals surface area contributed by atoms with Crippen molar-refractivity contribution in [1.29, 1.82) is 5.41 Å². The fraction of sp³-hybridized carbons (Fsp3) is 0.500. The summed E-state index contributed by atoms with van der Waals surface area (Å²) in [6.07, 6.45) is 3.80. The molecular formula is C14H21N3. The van der Waals surface area contributed by atoms with Crippen molar-refractivity contribution in [1.82, 2.24) is 0 Å². The summed E-state index contributed by atoms with van der Waals surface area (Å²) in [7, 11) is 0. The van der Waals surface area contributed by atoms with Gasteiger partial charge in [-0.05, 0) is 49.9 Å². The minimum absolute atomic E-state index is 0.146. The molecule has 0 aromatic heterocycles. The third-order valence-corrected chi connectivity index (χ3v) is 3.27. The Morgan fingerprint density at radius 1 is 1.47 bits per heavy atom. The highest BCUT2D eigenvalue weighted by Crippen LogP contribution is 2.33. The number of nitrogen functional groups attached to an aromatic ring is 1. The van der Waals surface area contributed by atoms with Crippen molar-refractivity contribution in [2.45, 2.75) is 39.2 Å². The van der Waals surface area contributed by atoms with Crippen molar-refractivity contribution in [3.63, 3.8) is 0 Å². The molecule has 17 heavy (non-hydrogen) atoms. The molecule has 1 aromatic carbocycles. The molecule has 0 unspecified atom stereocenters. The summed E-state index contributed by atoms with van der Waals surface area (Å²) in [6, 6.07) is 6.81. The van der Waals surface area contributed by atoms with Gasteiger partial charge >= 0.3 is 0 Å². The minimum atomic E-state index is 0.146. The highest BCUT2D eigenvalue weighted by Gasteiger charge is 2.29. The lowest BCUT2D eigenvalue weighted by Gasteiger charge is -2.26. The molecule has 0 radical (unpaired) electrons. The maximum absolute atomic E-state index is 7.45. The van der Waals surface area contributed by atoms with Gasteiger partial charge < -0.3 is 10.6 Å². The molecule has 0 spiro atoms. The highest BCUT2D eigenvalue weighted by atomic mass is 15.2. The Balaban J connectivity index is 2.27. The van der Waals surface area contributed by atoms with Gasteiger partial charge in [-0.15, -0.1) is 0 Å². The predicted molar refractivity (Wildman–Crippen MR) is 72.9 cm³/mol. The zero-order valence-corrected chi connectivity index (χ0v) is 10.7. The molecule has 0 aliphatic heterocycles. The molecule has 3 heteroatoms. The van der Waals surface area contributed by atoms with Gasteiger partial charge in [-0.2, -0.15) is 0 Å². The molecule has 2 rings (SSSR count). The Hall–Kier alpha value is -1.51. The van der Waals surface area contributed by atoms with Gasteiger partial charge in [0.25, 0.3) is 0 Å². The predicted octanol–water partition coefficient (Wildman–Crippen LogP) is 2.66. The number of amidine groups is 1. The summed E-state index contributed by atoms with van der Waals surface area (Å²) >= 11 is 0. The Morgan fingerprint density at radius 3 is 2.65 bits per heavy atom. The maximum atomic E-state index is 7.45. The number of aryl methyl sites for hydroxylation is 1. The second kappa shape index (κ2) is 4.78. The van der Waals surface area contributed by atoms with Crippen LogP contribution in [0.15, 0.2) is 18.2 Å². The first-order valence-electron chi connectivity index (χ1n) is 6.35. The van der Waals surface area contributed by atoms with E-state index in [9.17, 15) is 0 Å². The van der Waals surface area contributed by atoms with E-state index in [-0.39, 0.29) is 5.84 Å². The van der Waals surface area contributed by atoms with Gasteiger partial charge in [0.1, 0.15) is 5.84 Å². The first kappa shape index (κ1) is 12.0. The molecule has 1 saturated carbocycles. The van der Waals surface area contributed by atoms with Crippen molar-refractivity contribution in [2.24, 2.45) is 5.73 Å². The third-order valence-electron chi connectivity index (χ3n) is 3.27. The molecule has 92 valence electrons. The van der Waals surface area contributed by atoms with E-state index in [0.29, 0.717) is 0 Å². The molecule has 1 aliphatic carbocycles. The van der Waals surface area contributed by atoms with Crippen molar-refractivity contribution >= 4 is 11.5 Å². The summed E-state index contributed by atoms with van der Waals surface area (Å²) in [4.78, 5) is 2.50. The van der Waals surface area contributed by atoms with Crippen molar-refractivity contribution < 1.29 is 0 Å². The van der Waals surface area contributed by atoms with Gasteiger partial charge in [-0.3, -0.25) is 5.41 Å². The van der Waals surface area contributed by atoms with E-state index in [1.165, 1.54) is 30.5 Å². The smallest absolute Gasteiger partial charge is 0.122 e. The number of rotatable bonds is 5. The van der Waals surface area contributed by atoms with Crippen LogP contribution in [0.25, 0.3) is 0 Å². The molecule has 1 fully saturated rings. The standard InChI is InChI=1S/C14H21N3/c1-3-8-17(12-5-6-12)13-7-4-11(14(15)16)9-10(13)2/h4,7,9,12H,3,5-6,8H2,1-2H3,(H3,15,16). The largest absolute Gasteiger partial charge is 0.384 e. The molecule has 3 nitrogen and oxygen atoms in total. The van der Waals surface area contributed by atoms with Gasteiger partial charge in [0.05, 0.1) is 0 Å². The molecule has 0 saturated heterocycles. The fourth-order valence-electron chi connectivity index (χ4n) is 2.27. The highest BCUT2D eigenvalue weighted by molar-refractivity contribution is 5.95. The van der Waals surface area contributed by atoms with E-state index in [1.54, 1.807) is 0 Å². The number of nitrogens with zero attached hydrogens (tertiary/aromatic N) is 1. The van der Waals surface area contributed by atoms with E-state index in [2.05, 4.69) is 24.8 Å². The lowest BCUT2D eigenvalue weighted by Crippen LogP contribution is -2.27. The van der Waals surface area contributed by atoms with Crippen molar-refractivity contribution in [3.8, 4) is 0 Å². The lowest BCUT2D eigenvalue weighted by molar-refractivity contribution is 0.760. The van der Waals surface area contributed by atoms with Gasteiger partial charge in [0.2, 0.25) is 0 Å². The molecule has 0 atom stereocenters. The minimum Gasteiger partial charge on any atom is -0.384 e. The molecule has 0 heterocycles. The van der Waals surface area contributed by atoms with Crippen molar-refractivity contribution in [2.75, 3.05) is 11.4 Å². The Morgan fingerprint density at radius 2 is 2.18 bits per heavy atom. The van der Waals surface area contributed by atoms with E-state index in [4.69, 9.17) is 11.1 Å². The van der Waals surface area contributed by atoms with Crippen molar-refractivity contribution in [3.05, 3.63) is 29.3 Å². The lowest BCUT2D eigenvalue weighted by atomic mass is 10.1.